The van der Waals surface area contributed by atoms with Crippen molar-refractivity contribution < 1.29 is 19.4 Å². The van der Waals surface area contributed by atoms with Crippen LogP contribution in [0.5, 0.6) is 0 Å². The Balaban J connectivity index is 1.59. The maximum absolute atomic E-state index is 12.0. The number of carboxylic acid groups (broad SMARTS) is 1. The summed E-state index contributed by atoms with van der Waals surface area (Å²) in [5.41, 5.74) is 1.52. The van der Waals surface area contributed by atoms with Crippen LogP contribution < -0.4 is 10.6 Å². The fraction of sp³-hybridized carbons (Fsp3) is 0.300. The third-order valence-corrected chi connectivity index (χ3v) is 4.50. The minimum absolute atomic E-state index is 0.238. The topological polar surface area (TPSA) is 90.9 Å². The molecule has 1 heterocycles. The van der Waals surface area contributed by atoms with Crippen molar-refractivity contribution in [3.8, 4) is 0 Å². The van der Waals surface area contributed by atoms with Gasteiger partial charge in [0.25, 0.3) is 0 Å². The van der Waals surface area contributed by atoms with Gasteiger partial charge in [0, 0.05) is 11.4 Å². The highest BCUT2D eigenvalue weighted by Gasteiger charge is 2.43. The van der Waals surface area contributed by atoms with E-state index in [4.69, 9.17) is 4.74 Å². The Hall–Kier alpha value is -3.06. The number of amides is 3. The highest BCUT2D eigenvalue weighted by Crippen LogP contribution is 2.29. The highest BCUT2D eigenvalue weighted by atomic mass is 16.5. The van der Waals surface area contributed by atoms with Crippen LogP contribution in [-0.4, -0.2) is 40.5 Å². The first-order valence-electron chi connectivity index (χ1n) is 8.73. The minimum atomic E-state index is -0.988. The number of rotatable bonds is 4. The van der Waals surface area contributed by atoms with E-state index in [0.717, 1.165) is 5.56 Å². The first-order valence-corrected chi connectivity index (χ1v) is 8.73. The molecule has 0 spiro atoms. The molecule has 2 aromatic rings. The lowest BCUT2D eigenvalue weighted by atomic mass is 10.0. The third kappa shape index (κ3) is 4.57. The quantitative estimate of drug-likeness (QED) is 0.760. The Morgan fingerprint density at radius 3 is 2.26 bits per heavy atom. The first kappa shape index (κ1) is 18.7. The van der Waals surface area contributed by atoms with Crippen LogP contribution in [0.3, 0.4) is 0 Å². The normalized spacial score (nSPS) is 18.1. The molecule has 3 rings (SSSR count). The molecule has 1 atom stereocenters. The molecule has 1 saturated heterocycles. The van der Waals surface area contributed by atoms with E-state index in [1.807, 2.05) is 42.5 Å². The van der Waals surface area contributed by atoms with Crippen molar-refractivity contribution in [2.24, 2.45) is 0 Å². The van der Waals surface area contributed by atoms with Crippen LogP contribution in [0.15, 0.2) is 54.6 Å². The third-order valence-electron chi connectivity index (χ3n) is 4.50. The van der Waals surface area contributed by atoms with Crippen molar-refractivity contribution in [2.75, 3.05) is 17.2 Å². The molecule has 0 bridgehead atoms. The van der Waals surface area contributed by atoms with Crippen LogP contribution in [0.25, 0.3) is 0 Å². The second-order valence-corrected chi connectivity index (χ2v) is 6.91. The summed E-state index contributed by atoms with van der Waals surface area (Å²) in [6.45, 7) is 3.86. The summed E-state index contributed by atoms with van der Waals surface area (Å²) in [5, 5.41) is 15.0. The summed E-state index contributed by atoms with van der Waals surface area (Å²) in [5.74, 6) is 0. The van der Waals surface area contributed by atoms with E-state index in [-0.39, 0.29) is 12.1 Å². The molecule has 1 aliphatic heterocycles. The largest absolute Gasteiger partial charge is 0.465 e. The average molecular weight is 369 g/mol. The van der Waals surface area contributed by atoms with E-state index in [0.29, 0.717) is 24.4 Å². The molecule has 1 aliphatic rings. The molecule has 27 heavy (non-hydrogen) atoms. The number of ether oxygens (including phenoxy) is 1. The highest BCUT2D eigenvalue weighted by molar-refractivity contribution is 5.99. The number of carbonyl (C=O) groups excluding carboxylic acids is 1. The Kier molecular flexibility index (Phi) is 5.32. The zero-order valence-electron chi connectivity index (χ0n) is 15.3. The molecule has 0 aliphatic carbocycles. The van der Waals surface area contributed by atoms with Crippen LogP contribution in [0.4, 0.5) is 21.0 Å². The molecule has 7 nitrogen and oxygen atoms in total. The SMILES string of the molecule is CC1(C)OC[C@H](Cc2ccc(NC(=O)Nc3ccccc3)cc2)N1C(=O)O. The number of nitrogens with zero attached hydrogens (tertiary/aromatic N) is 1. The number of hydrogen-bond donors (Lipinski definition) is 3. The van der Waals surface area contributed by atoms with E-state index >= 15 is 0 Å². The van der Waals surface area contributed by atoms with Crippen LogP contribution in [0, 0.1) is 0 Å². The summed E-state index contributed by atoms with van der Waals surface area (Å²) in [6.07, 6.45) is -0.440. The Labute approximate surface area is 157 Å². The van der Waals surface area contributed by atoms with Gasteiger partial charge in [-0.05, 0) is 50.1 Å². The molecule has 3 amide bonds. The van der Waals surface area contributed by atoms with Gasteiger partial charge in [-0.25, -0.2) is 9.59 Å². The first-order chi connectivity index (χ1) is 12.8. The van der Waals surface area contributed by atoms with Crippen LogP contribution in [-0.2, 0) is 11.2 Å². The second kappa shape index (κ2) is 7.67. The molecule has 3 N–H and O–H groups in total. The molecule has 1 fully saturated rings. The summed E-state index contributed by atoms with van der Waals surface area (Å²) in [4.78, 5) is 24.9. The average Bonchev–Trinajstić information content (AvgIpc) is 2.92. The lowest BCUT2D eigenvalue weighted by Gasteiger charge is -2.31. The number of urea groups is 1. The zero-order chi connectivity index (χ0) is 19.4. The predicted octanol–water partition coefficient (Wildman–Crippen LogP) is 3.99. The van der Waals surface area contributed by atoms with Gasteiger partial charge in [-0.1, -0.05) is 30.3 Å². The molecular weight excluding hydrogens is 346 g/mol. The van der Waals surface area contributed by atoms with Crippen molar-refractivity contribution >= 4 is 23.5 Å². The molecule has 0 saturated carbocycles. The van der Waals surface area contributed by atoms with Gasteiger partial charge >= 0.3 is 12.1 Å². The number of benzene rings is 2. The van der Waals surface area contributed by atoms with Gasteiger partial charge in [-0.15, -0.1) is 0 Å². The number of anilines is 2. The van der Waals surface area contributed by atoms with Crippen LogP contribution in [0.1, 0.15) is 19.4 Å². The zero-order valence-corrected chi connectivity index (χ0v) is 15.3. The summed E-state index contributed by atoms with van der Waals surface area (Å²) in [7, 11) is 0. The van der Waals surface area contributed by atoms with E-state index < -0.39 is 11.8 Å². The van der Waals surface area contributed by atoms with E-state index in [1.165, 1.54) is 4.90 Å². The number of carbonyl (C=O) groups is 2. The molecular formula is C20H23N3O4. The van der Waals surface area contributed by atoms with Crippen molar-refractivity contribution in [2.45, 2.75) is 32.0 Å². The number of para-hydroxylation sites is 1. The fourth-order valence-electron chi connectivity index (χ4n) is 3.23. The van der Waals surface area contributed by atoms with Crippen LogP contribution >= 0.6 is 0 Å². The second-order valence-electron chi connectivity index (χ2n) is 6.91. The standard InChI is InChI=1S/C20H23N3O4/c1-20(2)23(19(25)26)17(13-27-20)12-14-8-10-16(11-9-14)22-18(24)21-15-6-4-3-5-7-15/h3-11,17H,12-13H2,1-2H3,(H,25,26)(H2,21,22,24)/t17-/m0/s1. The molecule has 142 valence electrons. The lowest BCUT2D eigenvalue weighted by molar-refractivity contribution is -0.0419. The monoisotopic (exact) mass is 369 g/mol. The molecule has 2 aromatic carbocycles. The molecule has 0 radical (unpaired) electrons. The summed E-state index contributed by atoms with van der Waals surface area (Å²) in [6, 6.07) is 16.0. The lowest BCUT2D eigenvalue weighted by Crippen LogP contribution is -2.47. The van der Waals surface area contributed by atoms with Crippen molar-refractivity contribution in [3.05, 3.63) is 60.2 Å². The van der Waals surface area contributed by atoms with E-state index in [9.17, 15) is 14.7 Å². The molecule has 0 aromatic heterocycles. The van der Waals surface area contributed by atoms with Gasteiger partial charge in [0.2, 0.25) is 0 Å². The van der Waals surface area contributed by atoms with E-state index in [1.54, 1.807) is 26.0 Å². The van der Waals surface area contributed by atoms with Gasteiger partial charge in [0.05, 0.1) is 12.6 Å². The number of nitrogens with one attached hydrogen (secondary N) is 2. The maximum atomic E-state index is 12.0. The summed E-state index contributed by atoms with van der Waals surface area (Å²) < 4.78 is 5.61. The van der Waals surface area contributed by atoms with Crippen molar-refractivity contribution in [3.63, 3.8) is 0 Å². The van der Waals surface area contributed by atoms with Crippen LogP contribution in [0.2, 0.25) is 0 Å². The van der Waals surface area contributed by atoms with Gasteiger partial charge in [-0.2, -0.15) is 0 Å². The summed E-state index contributed by atoms with van der Waals surface area (Å²) >= 11 is 0. The Bertz CT molecular complexity index is 806. The minimum Gasteiger partial charge on any atom is -0.465 e. The molecule has 0 unspecified atom stereocenters. The van der Waals surface area contributed by atoms with Gasteiger partial charge in [0.1, 0.15) is 5.72 Å². The smallest absolute Gasteiger partial charge is 0.409 e. The van der Waals surface area contributed by atoms with Gasteiger partial charge < -0.3 is 20.5 Å². The van der Waals surface area contributed by atoms with Crippen molar-refractivity contribution in [1.29, 1.82) is 0 Å². The Morgan fingerprint density at radius 2 is 1.67 bits per heavy atom. The Morgan fingerprint density at radius 1 is 1.07 bits per heavy atom. The van der Waals surface area contributed by atoms with E-state index in [2.05, 4.69) is 10.6 Å². The molecule has 7 heteroatoms. The number of hydrogen-bond acceptors (Lipinski definition) is 3. The van der Waals surface area contributed by atoms with Crippen molar-refractivity contribution in [1.82, 2.24) is 4.90 Å². The van der Waals surface area contributed by atoms with Gasteiger partial charge in [-0.3, -0.25) is 4.90 Å². The van der Waals surface area contributed by atoms with Gasteiger partial charge in [0.15, 0.2) is 0 Å². The predicted molar refractivity (Wildman–Crippen MR) is 103 cm³/mol. The maximum Gasteiger partial charge on any atom is 0.409 e. The fourth-order valence-corrected chi connectivity index (χ4v) is 3.23.